The lowest BCUT2D eigenvalue weighted by Gasteiger charge is -2.14. The summed E-state index contributed by atoms with van der Waals surface area (Å²) < 4.78 is 0. The van der Waals surface area contributed by atoms with Crippen molar-refractivity contribution in [1.29, 1.82) is 0 Å². The summed E-state index contributed by atoms with van der Waals surface area (Å²) in [5.74, 6) is 1.74. The number of anilines is 1. The van der Waals surface area contributed by atoms with Crippen LogP contribution in [-0.4, -0.2) is 21.5 Å². The number of hydrogen-bond donors (Lipinski definition) is 1. The second-order valence-electron chi connectivity index (χ2n) is 5.63. The number of hydrogen-bond acceptors (Lipinski definition) is 4. The Balaban J connectivity index is 2.07. The Morgan fingerprint density at radius 1 is 1.10 bits per heavy atom. The summed E-state index contributed by atoms with van der Waals surface area (Å²) in [6.45, 7) is 5.03. The first-order chi connectivity index (χ1) is 10.3. The highest BCUT2D eigenvalue weighted by molar-refractivity contribution is 5.57. The zero-order chi connectivity index (χ0) is 14.7. The fourth-order valence-electron chi connectivity index (χ4n) is 2.80. The zero-order valence-corrected chi connectivity index (χ0v) is 12.8. The van der Waals surface area contributed by atoms with Gasteiger partial charge in [0.2, 0.25) is 0 Å². The van der Waals surface area contributed by atoms with Crippen molar-refractivity contribution in [2.45, 2.75) is 46.0 Å². The fraction of sp³-hybridized carbons (Fsp3) is 0.471. The molecular weight excluding hydrogens is 260 g/mol. The van der Waals surface area contributed by atoms with Crippen LogP contribution in [0.25, 0.3) is 11.5 Å². The smallest absolute Gasteiger partial charge is 0.180 e. The van der Waals surface area contributed by atoms with E-state index in [1.807, 2.05) is 19.2 Å². The normalized spacial score (nSPS) is 14.4. The predicted molar refractivity (Wildman–Crippen MR) is 85.4 cm³/mol. The SMILES string of the molecule is CCNc1nc(-c2ccc(C)cn2)nc2c1CCCCC2. The summed E-state index contributed by atoms with van der Waals surface area (Å²) >= 11 is 0. The maximum Gasteiger partial charge on any atom is 0.180 e. The molecule has 21 heavy (non-hydrogen) atoms. The van der Waals surface area contributed by atoms with Crippen molar-refractivity contribution in [1.82, 2.24) is 15.0 Å². The van der Waals surface area contributed by atoms with Gasteiger partial charge in [-0.05, 0) is 51.2 Å². The van der Waals surface area contributed by atoms with Crippen LogP contribution in [0.5, 0.6) is 0 Å². The predicted octanol–water partition coefficient (Wildman–Crippen LogP) is 3.55. The molecule has 4 heteroatoms. The number of nitrogens with one attached hydrogen (secondary N) is 1. The van der Waals surface area contributed by atoms with E-state index in [9.17, 15) is 0 Å². The van der Waals surface area contributed by atoms with E-state index in [4.69, 9.17) is 9.97 Å². The van der Waals surface area contributed by atoms with Crippen molar-refractivity contribution in [3.8, 4) is 11.5 Å². The van der Waals surface area contributed by atoms with Crippen molar-refractivity contribution in [2.75, 3.05) is 11.9 Å². The molecule has 0 bridgehead atoms. The molecule has 1 aliphatic rings. The Hall–Kier alpha value is -1.97. The van der Waals surface area contributed by atoms with Crippen LogP contribution in [0.2, 0.25) is 0 Å². The summed E-state index contributed by atoms with van der Waals surface area (Å²) in [5, 5.41) is 3.41. The molecule has 0 saturated carbocycles. The van der Waals surface area contributed by atoms with Gasteiger partial charge in [-0.15, -0.1) is 0 Å². The van der Waals surface area contributed by atoms with Gasteiger partial charge in [0.15, 0.2) is 5.82 Å². The van der Waals surface area contributed by atoms with Crippen molar-refractivity contribution < 1.29 is 0 Å². The lowest BCUT2D eigenvalue weighted by molar-refractivity contribution is 0.709. The second-order valence-corrected chi connectivity index (χ2v) is 5.63. The molecule has 3 rings (SSSR count). The Bertz CT molecular complexity index is 619. The zero-order valence-electron chi connectivity index (χ0n) is 12.8. The highest BCUT2D eigenvalue weighted by Gasteiger charge is 2.17. The van der Waals surface area contributed by atoms with Gasteiger partial charge in [-0.3, -0.25) is 4.98 Å². The highest BCUT2D eigenvalue weighted by Crippen LogP contribution is 2.27. The fourth-order valence-corrected chi connectivity index (χ4v) is 2.80. The van der Waals surface area contributed by atoms with Gasteiger partial charge < -0.3 is 5.32 Å². The van der Waals surface area contributed by atoms with E-state index in [0.29, 0.717) is 0 Å². The molecule has 1 N–H and O–H groups in total. The van der Waals surface area contributed by atoms with Gasteiger partial charge in [-0.25, -0.2) is 9.97 Å². The molecule has 2 aromatic heterocycles. The molecular formula is C17H22N4. The largest absolute Gasteiger partial charge is 0.370 e. The first-order valence-corrected chi connectivity index (χ1v) is 7.84. The molecule has 0 aromatic carbocycles. The molecule has 0 amide bonds. The molecule has 0 saturated heterocycles. The van der Waals surface area contributed by atoms with Crippen molar-refractivity contribution >= 4 is 5.82 Å². The van der Waals surface area contributed by atoms with E-state index in [0.717, 1.165) is 42.3 Å². The summed E-state index contributed by atoms with van der Waals surface area (Å²) in [6, 6.07) is 4.06. The number of fused-ring (bicyclic) bond motifs is 1. The first-order valence-electron chi connectivity index (χ1n) is 7.84. The minimum Gasteiger partial charge on any atom is -0.370 e. The topological polar surface area (TPSA) is 50.7 Å². The first kappa shape index (κ1) is 14.0. The monoisotopic (exact) mass is 282 g/mol. The highest BCUT2D eigenvalue weighted by atomic mass is 15.0. The van der Waals surface area contributed by atoms with Gasteiger partial charge in [0.25, 0.3) is 0 Å². The van der Waals surface area contributed by atoms with E-state index in [1.165, 1.54) is 30.5 Å². The lowest BCUT2D eigenvalue weighted by atomic mass is 10.1. The number of aromatic nitrogens is 3. The molecule has 2 heterocycles. The van der Waals surface area contributed by atoms with Crippen molar-refractivity contribution in [3.05, 3.63) is 35.2 Å². The van der Waals surface area contributed by atoms with Crippen LogP contribution in [0.15, 0.2) is 18.3 Å². The van der Waals surface area contributed by atoms with E-state index in [1.54, 1.807) is 0 Å². The lowest BCUT2D eigenvalue weighted by Crippen LogP contribution is -2.09. The van der Waals surface area contributed by atoms with E-state index in [2.05, 4.69) is 23.3 Å². The Kier molecular flexibility index (Phi) is 4.13. The molecule has 1 aliphatic carbocycles. The van der Waals surface area contributed by atoms with Crippen LogP contribution in [0.4, 0.5) is 5.82 Å². The van der Waals surface area contributed by atoms with E-state index >= 15 is 0 Å². The molecule has 110 valence electrons. The maximum atomic E-state index is 4.80. The molecule has 0 spiro atoms. The van der Waals surface area contributed by atoms with Gasteiger partial charge in [0, 0.05) is 24.0 Å². The molecule has 2 aromatic rings. The van der Waals surface area contributed by atoms with Crippen LogP contribution in [-0.2, 0) is 12.8 Å². The molecule has 0 aliphatic heterocycles. The van der Waals surface area contributed by atoms with Gasteiger partial charge in [-0.2, -0.15) is 0 Å². The second kappa shape index (κ2) is 6.20. The van der Waals surface area contributed by atoms with Gasteiger partial charge in [-0.1, -0.05) is 12.5 Å². The molecule has 4 nitrogen and oxygen atoms in total. The van der Waals surface area contributed by atoms with Crippen LogP contribution in [0, 0.1) is 6.92 Å². The van der Waals surface area contributed by atoms with E-state index in [-0.39, 0.29) is 0 Å². The third-order valence-corrected chi connectivity index (χ3v) is 3.92. The number of aryl methyl sites for hydroxylation is 2. The summed E-state index contributed by atoms with van der Waals surface area (Å²) in [5.41, 5.74) is 4.52. The number of nitrogens with zero attached hydrogens (tertiary/aromatic N) is 3. The summed E-state index contributed by atoms with van der Waals surface area (Å²) in [7, 11) is 0. The third-order valence-electron chi connectivity index (χ3n) is 3.92. The maximum absolute atomic E-state index is 4.80. The Labute approximate surface area is 126 Å². The molecule has 0 unspecified atom stereocenters. The summed E-state index contributed by atoms with van der Waals surface area (Å²) in [6.07, 6.45) is 7.74. The van der Waals surface area contributed by atoms with Crippen LogP contribution in [0.1, 0.15) is 43.0 Å². The van der Waals surface area contributed by atoms with Crippen LogP contribution < -0.4 is 5.32 Å². The van der Waals surface area contributed by atoms with Crippen molar-refractivity contribution in [3.63, 3.8) is 0 Å². The third kappa shape index (κ3) is 3.04. The quantitative estimate of drug-likeness (QED) is 0.875. The van der Waals surface area contributed by atoms with Crippen molar-refractivity contribution in [2.24, 2.45) is 0 Å². The van der Waals surface area contributed by atoms with Crippen LogP contribution >= 0.6 is 0 Å². The minimum atomic E-state index is 0.742. The minimum absolute atomic E-state index is 0.742. The average Bonchev–Trinajstić information content (AvgIpc) is 2.73. The van der Waals surface area contributed by atoms with Gasteiger partial charge in [0.1, 0.15) is 11.5 Å². The van der Waals surface area contributed by atoms with Gasteiger partial charge >= 0.3 is 0 Å². The number of pyridine rings is 1. The summed E-state index contributed by atoms with van der Waals surface area (Å²) in [4.78, 5) is 14.0. The standard InChI is InChI=1S/C17H22N4/c1-3-18-16-13-7-5-4-6-8-14(13)20-17(21-16)15-10-9-12(2)11-19-15/h9-11H,3-8H2,1-2H3,(H,18,20,21). The molecule has 0 fully saturated rings. The molecule has 0 atom stereocenters. The molecule has 0 radical (unpaired) electrons. The average molecular weight is 282 g/mol. The Morgan fingerprint density at radius 2 is 1.95 bits per heavy atom. The van der Waals surface area contributed by atoms with Gasteiger partial charge in [0.05, 0.1) is 0 Å². The Morgan fingerprint density at radius 3 is 2.71 bits per heavy atom. The van der Waals surface area contributed by atoms with E-state index < -0.39 is 0 Å². The number of rotatable bonds is 3. The van der Waals surface area contributed by atoms with Crippen LogP contribution in [0.3, 0.4) is 0 Å².